The zero-order chi connectivity index (χ0) is 13.8. The van der Waals surface area contributed by atoms with Crippen molar-refractivity contribution in [2.75, 3.05) is 25.0 Å². The van der Waals surface area contributed by atoms with Crippen LogP contribution >= 0.6 is 23.2 Å². The Balaban J connectivity index is 2.02. The highest BCUT2D eigenvalue weighted by Crippen LogP contribution is 2.44. The zero-order valence-electron chi connectivity index (χ0n) is 10.3. The molecule has 108 valence electrons. The van der Waals surface area contributed by atoms with Crippen molar-refractivity contribution in [1.82, 2.24) is 0 Å². The molecule has 0 spiro atoms. The minimum absolute atomic E-state index is 0.137. The van der Waals surface area contributed by atoms with Crippen molar-refractivity contribution >= 4 is 35.1 Å². The maximum Gasteiger partial charge on any atom is 0.312 e. The number of carbonyl (C=O) groups is 2. The molecule has 0 aromatic carbocycles. The van der Waals surface area contributed by atoms with Gasteiger partial charge in [0.2, 0.25) is 0 Å². The molecule has 0 radical (unpaired) electrons. The van der Waals surface area contributed by atoms with E-state index in [9.17, 15) is 9.59 Å². The summed E-state index contributed by atoms with van der Waals surface area (Å²) in [4.78, 5) is 24.0. The number of hydrogen-bond donors (Lipinski definition) is 0. The molecular weight excluding hydrogens is 295 g/mol. The molecule has 0 amide bonds. The second-order valence-electron chi connectivity index (χ2n) is 4.55. The lowest BCUT2D eigenvalue weighted by atomic mass is 9.79. The van der Waals surface area contributed by atoms with Crippen LogP contribution in [0.25, 0.3) is 0 Å². The molecule has 2 heterocycles. The van der Waals surface area contributed by atoms with Crippen LogP contribution in [0.2, 0.25) is 0 Å². The fourth-order valence-corrected chi connectivity index (χ4v) is 2.90. The van der Waals surface area contributed by atoms with Crippen LogP contribution in [0.15, 0.2) is 0 Å². The Kier molecular flexibility index (Phi) is 5.30. The van der Waals surface area contributed by atoms with Crippen molar-refractivity contribution in [2.24, 2.45) is 11.8 Å². The summed E-state index contributed by atoms with van der Waals surface area (Å²) in [6, 6.07) is 0. The Morgan fingerprint density at radius 2 is 1.37 bits per heavy atom. The van der Waals surface area contributed by atoms with Crippen molar-refractivity contribution < 1.29 is 23.8 Å². The molecule has 7 heteroatoms. The number of esters is 2. The number of alkyl halides is 2. The van der Waals surface area contributed by atoms with Crippen molar-refractivity contribution in [1.29, 1.82) is 0 Å². The number of rotatable bonds is 6. The van der Waals surface area contributed by atoms with E-state index < -0.39 is 23.8 Å². The second-order valence-corrected chi connectivity index (χ2v) is 5.31. The maximum atomic E-state index is 12.0. The van der Waals surface area contributed by atoms with Gasteiger partial charge in [0.1, 0.15) is 13.2 Å². The Morgan fingerprint density at radius 1 is 0.947 bits per heavy atom. The van der Waals surface area contributed by atoms with Crippen LogP contribution in [0.5, 0.6) is 0 Å². The smallest absolute Gasteiger partial charge is 0.312 e. The lowest BCUT2D eigenvalue weighted by Gasteiger charge is -2.24. The van der Waals surface area contributed by atoms with Gasteiger partial charge in [-0.1, -0.05) is 0 Å². The summed E-state index contributed by atoms with van der Waals surface area (Å²) in [5, 5.41) is 0. The van der Waals surface area contributed by atoms with E-state index in [0.29, 0.717) is 0 Å². The van der Waals surface area contributed by atoms with Crippen molar-refractivity contribution in [3.63, 3.8) is 0 Å². The van der Waals surface area contributed by atoms with Crippen molar-refractivity contribution in [3.8, 4) is 0 Å². The van der Waals surface area contributed by atoms with Gasteiger partial charge >= 0.3 is 11.9 Å². The molecule has 0 N–H and O–H groups in total. The number of fused-ring (bicyclic) bond motifs is 2. The van der Waals surface area contributed by atoms with E-state index in [4.69, 9.17) is 37.4 Å². The van der Waals surface area contributed by atoms with Gasteiger partial charge in [-0.3, -0.25) is 9.59 Å². The third-order valence-corrected chi connectivity index (χ3v) is 3.77. The molecule has 0 unspecified atom stereocenters. The molecule has 0 aromatic heterocycles. The monoisotopic (exact) mass is 310 g/mol. The topological polar surface area (TPSA) is 61.8 Å². The highest BCUT2D eigenvalue weighted by Gasteiger charge is 2.56. The average Bonchev–Trinajstić information content (AvgIpc) is 3.02. The fourth-order valence-electron chi connectivity index (χ4n) is 2.75. The maximum absolute atomic E-state index is 12.0. The number of ether oxygens (including phenoxy) is 3. The summed E-state index contributed by atoms with van der Waals surface area (Å²) >= 11 is 11.0. The molecule has 4 atom stereocenters. The summed E-state index contributed by atoms with van der Waals surface area (Å²) in [7, 11) is 0. The van der Waals surface area contributed by atoms with E-state index in [-0.39, 0.29) is 37.2 Å². The van der Waals surface area contributed by atoms with Crippen molar-refractivity contribution in [3.05, 3.63) is 0 Å². The highest BCUT2D eigenvalue weighted by atomic mass is 35.5. The quantitative estimate of drug-likeness (QED) is 0.547. The SMILES string of the molecule is O=C(OCCCl)[C@H]1[C@H](C(=O)OCCCl)[C@H]2CC[C@H]1O2. The van der Waals surface area contributed by atoms with Crippen LogP contribution in [-0.2, 0) is 23.8 Å². The predicted molar refractivity (Wildman–Crippen MR) is 68.2 cm³/mol. The summed E-state index contributed by atoms with van der Waals surface area (Å²) in [6.07, 6.45) is 1.04. The number of halogens is 2. The van der Waals surface area contributed by atoms with Gasteiger partial charge in [-0.15, -0.1) is 23.2 Å². The molecular formula is C12H16Cl2O5. The van der Waals surface area contributed by atoms with E-state index in [1.54, 1.807) is 0 Å². The second kappa shape index (κ2) is 6.77. The van der Waals surface area contributed by atoms with Crippen LogP contribution in [0.4, 0.5) is 0 Å². The fraction of sp³-hybridized carbons (Fsp3) is 0.833. The largest absolute Gasteiger partial charge is 0.464 e. The summed E-state index contributed by atoms with van der Waals surface area (Å²) in [5.74, 6) is -1.56. The van der Waals surface area contributed by atoms with Crippen LogP contribution in [-0.4, -0.2) is 49.1 Å². The average molecular weight is 311 g/mol. The Hall–Kier alpha value is -0.520. The first kappa shape index (κ1) is 14.9. The Morgan fingerprint density at radius 3 is 1.74 bits per heavy atom. The molecule has 19 heavy (non-hydrogen) atoms. The van der Waals surface area contributed by atoms with E-state index in [0.717, 1.165) is 12.8 Å². The third kappa shape index (κ3) is 3.15. The molecule has 5 nitrogen and oxygen atoms in total. The highest BCUT2D eigenvalue weighted by molar-refractivity contribution is 6.18. The first-order valence-corrected chi connectivity index (χ1v) is 7.36. The first-order valence-electron chi connectivity index (χ1n) is 6.29. The van der Waals surface area contributed by atoms with Crippen LogP contribution < -0.4 is 0 Å². The molecule has 2 aliphatic heterocycles. The zero-order valence-corrected chi connectivity index (χ0v) is 11.9. The summed E-state index contributed by atoms with van der Waals surface area (Å²) in [5.41, 5.74) is 0. The molecule has 2 fully saturated rings. The standard InChI is InChI=1S/C12H16Cl2O5/c13-3-5-17-11(15)9-7-1-2-8(19-7)10(9)12(16)18-6-4-14/h7-10H,1-6H2/t7-,8-,9-,10-/m1/s1. The van der Waals surface area contributed by atoms with E-state index in [2.05, 4.69) is 0 Å². The Bertz CT molecular complexity index is 317. The van der Waals surface area contributed by atoms with Crippen LogP contribution in [0, 0.1) is 11.8 Å². The predicted octanol–water partition coefficient (Wildman–Crippen LogP) is 1.34. The van der Waals surface area contributed by atoms with E-state index in [1.807, 2.05) is 0 Å². The van der Waals surface area contributed by atoms with Gasteiger partial charge in [0.15, 0.2) is 0 Å². The molecule has 2 aliphatic rings. The van der Waals surface area contributed by atoms with E-state index in [1.165, 1.54) is 0 Å². The third-order valence-electron chi connectivity index (χ3n) is 3.46. The molecule has 0 saturated carbocycles. The summed E-state index contributed by atoms with van der Waals surface area (Å²) < 4.78 is 15.7. The van der Waals surface area contributed by atoms with Gasteiger partial charge in [-0.25, -0.2) is 0 Å². The van der Waals surface area contributed by atoms with Crippen LogP contribution in [0.1, 0.15) is 12.8 Å². The van der Waals surface area contributed by atoms with Gasteiger partial charge in [0, 0.05) is 0 Å². The molecule has 2 rings (SSSR count). The number of hydrogen-bond acceptors (Lipinski definition) is 5. The lowest BCUT2D eigenvalue weighted by Crippen LogP contribution is -2.40. The normalized spacial score (nSPS) is 32.3. The summed E-state index contributed by atoms with van der Waals surface area (Å²) in [6.45, 7) is 0.273. The molecule has 0 aromatic rings. The van der Waals surface area contributed by atoms with Crippen LogP contribution in [0.3, 0.4) is 0 Å². The van der Waals surface area contributed by atoms with Gasteiger partial charge < -0.3 is 14.2 Å². The minimum atomic E-state index is -0.579. The molecule has 2 saturated heterocycles. The van der Waals surface area contributed by atoms with Gasteiger partial charge in [0.05, 0.1) is 35.8 Å². The van der Waals surface area contributed by atoms with Crippen molar-refractivity contribution in [2.45, 2.75) is 25.0 Å². The van der Waals surface area contributed by atoms with E-state index >= 15 is 0 Å². The first-order chi connectivity index (χ1) is 9.19. The Labute approximate surface area is 121 Å². The lowest BCUT2D eigenvalue weighted by molar-refractivity contribution is -0.160. The molecule has 2 bridgehead atoms. The van der Waals surface area contributed by atoms with Gasteiger partial charge in [-0.2, -0.15) is 0 Å². The minimum Gasteiger partial charge on any atom is -0.464 e. The van der Waals surface area contributed by atoms with Gasteiger partial charge in [0.25, 0.3) is 0 Å². The number of carbonyl (C=O) groups excluding carboxylic acids is 2. The van der Waals surface area contributed by atoms with Gasteiger partial charge in [-0.05, 0) is 12.8 Å². The molecule has 0 aliphatic carbocycles.